The topological polar surface area (TPSA) is 87.6 Å². The van der Waals surface area contributed by atoms with Crippen LogP contribution in [-0.2, 0) is 12.8 Å². The van der Waals surface area contributed by atoms with Crippen molar-refractivity contribution in [3.63, 3.8) is 0 Å². The van der Waals surface area contributed by atoms with Gasteiger partial charge >= 0.3 is 0 Å². The first-order valence-electron chi connectivity index (χ1n) is 8.14. The summed E-state index contributed by atoms with van der Waals surface area (Å²) in [7, 11) is 0. The standard InChI is InChI=1S/C14H14N4O.2C2H6/c15-14-17-12-11(13(19)18-14)10(8-16-12)7-6-9-4-2-1-3-5-9;2*1-2/h1-5,8H,6-7H2,(H4,15,16,17,18,19);2*1-2H3. The summed E-state index contributed by atoms with van der Waals surface area (Å²) in [4.78, 5) is 21.5. The van der Waals surface area contributed by atoms with Crippen LogP contribution in [0.2, 0.25) is 0 Å². The first-order valence-corrected chi connectivity index (χ1v) is 8.14. The van der Waals surface area contributed by atoms with Crippen LogP contribution in [0.1, 0.15) is 38.8 Å². The molecule has 0 unspecified atom stereocenters. The van der Waals surface area contributed by atoms with Crippen LogP contribution in [0.25, 0.3) is 11.0 Å². The van der Waals surface area contributed by atoms with Crippen molar-refractivity contribution in [2.45, 2.75) is 40.5 Å². The number of aryl methyl sites for hydroxylation is 2. The maximum Gasteiger partial charge on any atom is 0.262 e. The van der Waals surface area contributed by atoms with Crippen LogP contribution in [0.5, 0.6) is 0 Å². The van der Waals surface area contributed by atoms with Crippen LogP contribution in [0.4, 0.5) is 5.95 Å². The minimum absolute atomic E-state index is 0.133. The highest BCUT2D eigenvalue weighted by Gasteiger charge is 2.09. The fourth-order valence-electron chi connectivity index (χ4n) is 2.24. The van der Waals surface area contributed by atoms with E-state index in [1.807, 2.05) is 52.1 Å². The molecule has 3 aromatic rings. The Kier molecular flexibility index (Phi) is 7.60. The molecule has 1 aromatic carbocycles. The van der Waals surface area contributed by atoms with Gasteiger partial charge in [-0.2, -0.15) is 4.98 Å². The van der Waals surface area contributed by atoms with Crippen molar-refractivity contribution in [1.29, 1.82) is 0 Å². The van der Waals surface area contributed by atoms with Gasteiger partial charge in [0.05, 0.1) is 5.39 Å². The Hall–Kier alpha value is -2.56. The second-order valence-electron chi connectivity index (χ2n) is 4.47. The van der Waals surface area contributed by atoms with Gasteiger partial charge in [0.2, 0.25) is 5.95 Å². The molecule has 5 nitrogen and oxygen atoms in total. The van der Waals surface area contributed by atoms with Crippen LogP contribution < -0.4 is 11.3 Å². The van der Waals surface area contributed by atoms with Gasteiger partial charge in [0.25, 0.3) is 5.56 Å². The molecule has 0 aliphatic rings. The Bertz CT molecular complexity index is 760. The maximum absolute atomic E-state index is 11.9. The number of nitrogens with two attached hydrogens (primary N) is 1. The summed E-state index contributed by atoms with van der Waals surface area (Å²) in [5.74, 6) is 0.133. The van der Waals surface area contributed by atoms with Gasteiger partial charge in [-0.15, -0.1) is 0 Å². The highest BCUT2D eigenvalue weighted by Crippen LogP contribution is 2.15. The van der Waals surface area contributed by atoms with Crippen LogP contribution in [0.15, 0.2) is 41.3 Å². The quantitative estimate of drug-likeness (QED) is 0.689. The normalized spacial score (nSPS) is 9.57. The zero-order valence-corrected chi connectivity index (χ0v) is 14.3. The average molecular weight is 314 g/mol. The molecule has 5 heteroatoms. The van der Waals surface area contributed by atoms with Gasteiger partial charge in [0, 0.05) is 6.20 Å². The number of anilines is 1. The highest BCUT2D eigenvalue weighted by molar-refractivity contribution is 5.79. The predicted octanol–water partition coefficient (Wildman–Crippen LogP) is 3.67. The zero-order valence-electron chi connectivity index (χ0n) is 14.3. The number of hydrogen-bond donors (Lipinski definition) is 3. The van der Waals surface area contributed by atoms with E-state index >= 15 is 0 Å². The SMILES string of the molecule is CC.CC.Nc1nc2[nH]cc(CCc3ccccc3)c2c(=O)[nH]1. The molecule has 2 aromatic heterocycles. The van der Waals surface area contributed by atoms with Gasteiger partial charge in [-0.05, 0) is 24.0 Å². The molecule has 0 aliphatic heterocycles. The summed E-state index contributed by atoms with van der Waals surface area (Å²) in [6, 6.07) is 10.2. The third-order valence-electron chi connectivity index (χ3n) is 3.17. The fraction of sp³-hybridized carbons (Fsp3) is 0.333. The number of nitrogens with one attached hydrogen (secondary N) is 2. The fourth-order valence-corrected chi connectivity index (χ4v) is 2.24. The molecule has 0 radical (unpaired) electrons. The molecule has 0 spiro atoms. The summed E-state index contributed by atoms with van der Waals surface area (Å²) < 4.78 is 0. The van der Waals surface area contributed by atoms with E-state index in [4.69, 9.17) is 5.73 Å². The zero-order chi connectivity index (χ0) is 17.2. The van der Waals surface area contributed by atoms with Crippen molar-refractivity contribution in [2.75, 3.05) is 5.73 Å². The molecule has 0 amide bonds. The smallest absolute Gasteiger partial charge is 0.262 e. The van der Waals surface area contributed by atoms with Gasteiger partial charge in [0.15, 0.2) is 0 Å². The number of benzene rings is 1. The minimum Gasteiger partial charge on any atom is -0.369 e. The summed E-state index contributed by atoms with van der Waals surface area (Å²) >= 11 is 0. The molecule has 2 heterocycles. The number of aromatic nitrogens is 3. The molecular weight excluding hydrogens is 288 g/mol. The van der Waals surface area contributed by atoms with Crippen LogP contribution >= 0.6 is 0 Å². The van der Waals surface area contributed by atoms with E-state index < -0.39 is 0 Å². The Labute approximate surface area is 137 Å². The number of H-pyrrole nitrogens is 2. The van der Waals surface area contributed by atoms with Gasteiger partial charge in [-0.3, -0.25) is 9.78 Å². The number of fused-ring (bicyclic) bond motifs is 1. The molecule has 4 N–H and O–H groups in total. The Morgan fingerprint density at radius 1 is 1.04 bits per heavy atom. The van der Waals surface area contributed by atoms with Gasteiger partial charge in [-0.1, -0.05) is 58.0 Å². The van der Waals surface area contributed by atoms with Crippen LogP contribution in [0.3, 0.4) is 0 Å². The lowest BCUT2D eigenvalue weighted by molar-refractivity contribution is 0.966. The Balaban J connectivity index is 0.000000615. The van der Waals surface area contributed by atoms with E-state index in [9.17, 15) is 4.79 Å². The summed E-state index contributed by atoms with van der Waals surface area (Å²) in [6.45, 7) is 8.00. The number of nitrogen functional groups attached to an aromatic ring is 1. The summed E-state index contributed by atoms with van der Waals surface area (Å²) in [5, 5.41) is 0.602. The lowest BCUT2D eigenvalue weighted by Gasteiger charge is -2.00. The molecule has 0 aliphatic carbocycles. The van der Waals surface area contributed by atoms with Crippen molar-refractivity contribution < 1.29 is 0 Å². The largest absolute Gasteiger partial charge is 0.369 e. The van der Waals surface area contributed by atoms with Gasteiger partial charge in [0.1, 0.15) is 5.65 Å². The lowest BCUT2D eigenvalue weighted by Crippen LogP contribution is -2.11. The molecular formula is C18H26N4O. The van der Waals surface area contributed by atoms with E-state index in [2.05, 4.69) is 27.1 Å². The molecule has 0 bridgehead atoms. The van der Waals surface area contributed by atoms with Gasteiger partial charge in [-0.25, -0.2) is 0 Å². The van der Waals surface area contributed by atoms with E-state index in [-0.39, 0.29) is 11.5 Å². The second kappa shape index (κ2) is 9.46. The lowest BCUT2D eigenvalue weighted by atomic mass is 10.1. The molecule has 124 valence electrons. The first-order chi connectivity index (χ1) is 11.2. The molecule has 3 rings (SSSR count). The van der Waals surface area contributed by atoms with Crippen molar-refractivity contribution in [2.24, 2.45) is 0 Å². The Morgan fingerprint density at radius 2 is 1.70 bits per heavy atom. The van der Waals surface area contributed by atoms with Crippen LogP contribution in [0, 0.1) is 0 Å². The van der Waals surface area contributed by atoms with E-state index in [1.165, 1.54) is 5.56 Å². The highest BCUT2D eigenvalue weighted by atomic mass is 16.1. The third-order valence-corrected chi connectivity index (χ3v) is 3.17. The first kappa shape index (κ1) is 18.5. The van der Waals surface area contributed by atoms with Crippen molar-refractivity contribution in [3.8, 4) is 0 Å². The number of rotatable bonds is 3. The predicted molar refractivity (Wildman–Crippen MR) is 97.7 cm³/mol. The van der Waals surface area contributed by atoms with Crippen molar-refractivity contribution in [3.05, 3.63) is 58.0 Å². The third kappa shape index (κ3) is 4.71. The number of nitrogens with zero attached hydrogens (tertiary/aromatic N) is 1. The average Bonchev–Trinajstić information content (AvgIpc) is 3.01. The van der Waals surface area contributed by atoms with Crippen LogP contribution in [-0.4, -0.2) is 15.0 Å². The second-order valence-corrected chi connectivity index (χ2v) is 4.47. The summed E-state index contributed by atoms with van der Waals surface area (Å²) in [5.41, 5.74) is 8.08. The van der Waals surface area contributed by atoms with Crippen molar-refractivity contribution >= 4 is 17.0 Å². The minimum atomic E-state index is -0.188. The molecule has 0 atom stereocenters. The molecule has 0 saturated heterocycles. The van der Waals surface area contributed by atoms with Gasteiger partial charge < -0.3 is 10.7 Å². The molecule has 0 fully saturated rings. The maximum atomic E-state index is 11.9. The number of hydrogen-bond acceptors (Lipinski definition) is 3. The van der Waals surface area contributed by atoms with E-state index in [1.54, 1.807) is 0 Å². The van der Waals surface area contributed by atoms with E-state index in [0.717, 1.165) is 18.4 Å². The monoisotopic (exact) mass is 314 g/mol. The number of aromatic amines is 2. The summed E-state index contributed by atoms with van der Waals surface area (Å²) in [6.07, 6.45) is 3.51. The molecule has 0 saturated carbocycles. The Morgan fingerprint density at radius 3 is 2.35 bits per heavy atom. The van der Waals surface area contributed by atoms with Crippen molar-refractivity contribution in [1.82, 2.24) is 15.0 Å². The molecule has 23 heavy (non-hydrogen) atoms. The van der Waals surface area contributed by atoms with E-state index in [0.29, 0.717) is 11.0 Å².